The van der Waals surface area contributed by atoms with E-state index in [1.165, 1.54) is 12.0 Å². The zero-order valence-corrected chi connectivity index (χ0v) is 11.5. The SMILES string of the molecule is CCOc1ccc(CN2CCC(C)(CN)C2)cc1. The Bertz CT molecular complexity index is 377. The fraction of sp³-hybridized carbons (Fsp3) is 0.600. The van der Waals surface area contributed by atoms with Crippen molar-refractivity contribution in [1.29, 1.82) is 0 Å². The van der Waals surface area contributed by atoms with Gasteiger partial charge in [0.25, 0.3) is 0 Å². The van der Waals surface area contributed by atoms with Crippen molar-refractivity contribution >= 4 is 0 Å². The third-order valence-corrected chi connectivity index (χ3v) is 3.77. The minimum atomic E-state index is 0.311. The van der Waals surface area contributed by atoms with Crippen molar-refractivity contribution in [3.63, 3.8) is 0 Å². The van der Waals surface area contributed by atoms with Gasteiger partial charge < -0.3 is 10.5 Å². The number of benzene rings is 1. The molecular formula is C15H24N2O. The van der Waals surface area contributed by atoms with E-state index in [4.69, 9.17) is 10.5 Å². The smallest absolute Gasteiger partial charge is 0.119 e. The monoisotopic (exact) mass is 248 g/mol. The molecule has 0 radical (unpaired) electrons. The van der Waals surface area contributed by atoms with E-state index >= 15 is 0 Å². The lowest BCUT2D eigenvalue weighted by Crippen LogP contribution is -2.31. The zero-order chi connectivity index (χ0) is 13.0. The van der Waals surface area contributed by atoms with Crippen molar-refractivity contribution in [2.75, 3.05) is 26.2 Å². The van der Waals surface area contributed by atoms with Crippen molar-refractivity contribution in [2.24, 2.45) is 11.1 Å². The Morgan fingerprint density at radius 1 is 1.33 bits per heavy atom. The van der Waals surface area contributed by atoms with Crippen molar-refractivity contribution < 1.29 is 4.74 Å². The lowest BCUT2D eigenvalue weighted by Gasteiger charge is -2.22. The molecule has 0 aliphatic carbocycles. The molecule has 0 bridgehead atoms. The number of nitrogens with two attached hydrogens (primary N) is 1. The molecule has 3 nitrogen and oxygen atoms in total. The van der Waals surface area contributed by atoms with Crippen molar-refractivity contribution in [3.8, 4) is 5.75 Å². The maximum atomic E-state index is 5.83. The highest BCUT2D eigenvalue weighted by Crippen LogP contribution is 2.29. The van der Waals surface area contributed by atoms with Gasteiger partial charge in [-0.05, 0) is 49.5 Å². The average molecular weight is 248 g/mol. The highest BCUT2D eigenvalue weighted by Gasteiger charge is 2.32. The minimum absolute atomic E-state index is 0.311. The van der Waals surface area contributed by atoms with Gasteiger partial charge in [0.2, 0.25) is 0 Å². The highest BCUT2D eigenvalue weighted by molar-refractivity contribution is 5.27. The molecule has 1 aliphatic rings. The molecule has 3 heteroatoms. The summed E-state index contributed by atoms with van der Waals surface area (Å²) in [7, 11) is 0. The fourth-order valence-corrected chi connectivity index (χ4v) is 2.54. The van der Waals surface area contributed by atoms with E-state index in [2.05, 4.69) is 36.1 Å². The van der Waals surface area contributed by atoms with Gasteiger partial charge >= 0.3 is 0 Å². The first kappa shape index (κ1) is 13.4. The van der Waals surface area contributed by atoms with E-state index in [9.17, 15) is 0 Å². The summed E-state index contributed by atoms with van der Waals surface area (Å²) in [5.74, 6) is 0.953. The minimum Gasteiger partial charge on any atom is -0.494 e. The molecule has 0 spiro atoms. The summed E-state index contributed by atoms with van der Waals surface area (Å²) in [4.78, 5) is 2.49. The van der Waals surface area contributed by atoms with Gasteiger partial charge in [0, 0.05) is 13.1 Å². The van der Waals surface area contributed by atoms with Gasteiger partial charge in [-0.1, -0.05) is 19.1 Å². The lowest BCUT2D eigenvalue weighted by atomic mass is 9.90. The van der Waals surface area contributed by atoms with Crippen LogP contribution < -0.4 is 10.5 Å². The van der Waals surface area contributed by atoms with E-state index in [1.54, 1.807) is 0 Å². The van der Waals surface area contributed by atoms with Gasteiger partial charge in [-0.3, -0.25) is 4.90 Å². The quantitative estimate of drug-likeness (QED) is 0.868. The second-order valence-corrected chi connectivity index (χ2v) is 5.55. The van der Waals surface area contributed by atoms with Crippen molar-refractivity contribution in [3.05, 3.63) is 29.8 Å². The van der Waals surface area contributed by atoms with Gasteiger partial charge in [-0.2, -0.15) is 0 Å². The van der Waals surface area contributed by atoms with Crippen LogP contribution in [-0.2, 0) is 6.54 Å². The van der Waals surface area contributed by atoms with E-state index in [1.807, 2.05) is 6.92 Å². The molecule has 1 atom stereocenters. The first-order valence-corrected chi connectivity index (χ1v) is 6.79. The molecule has 2 N–H and O–H groups in total. The Hall–Kier alpha value is -1.06. The van der Waals surface area contributed by atoms with E-state index in [0.717, 1.165) is 38.5 Å². The van der Waals surface area contributed by atoms with Crippen LogP contribution in [0, 0.1) is 5.41 Å². The molecule has 1 aliphatic heterocycles. The largest absolute Gasteiger partial charge is 0.494 e. The number of hydrogen-bond acceptors (Lipinski definition) is 3. The van der Waals surface area contributed by atoms with Gasteiger partial charge in [0.15, 0.2) is 0 Å². The molecule has 1 saturated heterocycles. The second kappa shape index (κ2) is 5.72. The van der Waals surface area contributed by atoms with Crippen molar-refractivity contribution in [2.45, 2.75) is 26.8 Å². The molecule has 1 aromatic rings. The Balaban J connectivity index is 1.90. The summed E-state index contributed by atoms with van der Waals surface area (Å²) in [6.45, 7) is 9.07. The lowest BCUT2D eigenvalue weighted by molar-refractivity contribution is 0.274. The van der Waals surface area contributed by atoms with Crippen LogP contribution in [0.3, 0.4) is 0 Å². The summed E-state index contributed by atoms with van der Waals surface area (Å²) in [5, 5.41) is 0. The van der Waals surface area contributed by atoms with Gasteiger partial charge in [-0.15, -0.1) is 0 Å². The summed E-state index contributed by atoms with van der Waals surface area (Å²) >= 11 is 0. The third kappa shape index (κ3) is 3.24. The Morgan fingerprint density at radius 2 is 2.06 bits per heavy atom. The Labute approximate surface area is 110 Å². The predicted octanol–water partition coefficient (Wildman–Crippen LogP) is 2.26. The summed E-state index contributed by atoms with van der Waals surface area (Å²) in [5.41, 5.74) is 7.49. The molecule has 1 fully saturated rings. The molecular weight excluding hydrogens is 224 g/mol. The maximum absolute atomic E-state index is 5.83. The summed E-state index contributed by atoms with van der Waals surface area (Å²) < 4.78 is 5.45. The number of rotatable bonds is 5. The van der Waals surface area contributed by atoms with Crippen LogP contribution >= 0.6 is 0 Å². The molecule has 0 saturated carbocycles. The van der Waals surface area contributed by atoms with Gasteiger partial charge in [-0.25, -0.2) is 0 Å². The number of hydrogen-bond donors (Lipinski definition) is 1. The van der Waals surface area contributed by atoms with E-state index < -0.39 is 0 Å². The number of nitrogens with zero attached hydrogens (tertiary/aromatic N) is 1. The van der Waals surface area contributed by atoms with Crippen LogP contribution in [0.5, 0.6) is 5.75 Å². The van der Waals surface area contributed by atoms with Crippen LogP contribution in [0.1, 0.15) is 25.8 Å². The van der Waals surface area contributed by atoms with Crippen LogP contribution in [0.15, 0.2) is 24.3 Å². The normalized spacial score (nSPS) is 24.4. The summed E-state index contributed by atoms with van der Waals surface area (Å²) in [6.07, 6.45) is 1.21. The fourth-order valence-electron chi connectivity index (χ4n) is 2.54. The highest BCUT2D eigenvalue weighted by atomic mass is 16.5. The molecule has 1 heterocycles. The molecule has 0 amide bonds. The molecule has 2 rings (SSSR count). The zero-order valence-electron chi connectivity index (χ0n) is 11.5. The molecule has 18 heavy (non-hydrogen) atoms. The van der Waals surface area contributed by atoms with Gasteiger partial charge in [0.1, 0.15) is 5.75 Å². The number of ether oxygens (including phenoxy) is 1. The van der Waals surface area contributed by atoms with Crippen molar-refractivity contribution in [1.82, 2.24) is 4.90 Å². The van der Waals surface area contributed by atoms with Crippen LogP contribution in [0.4, 0.5) is 0 Å². The predicted molar refractivity (Wildman–Crippen MR) is 74.7 cm³/mol. The molecule has 0 aromatic heterocycles. The van der Waals surface area contributed by atoms with E-state index in [-0.39, 0.29) is 0 Å². The van der Waals surface area contributed by atoms with Gasteiger partial charge in [0.05, 0.1) is 6.61 Å². The average Bonchev–Trinajstić information content (AvgIpc) is 2.75. The first-order valence-electron chi connectivity index (χ1n) is 6.79. The number of likely N-dealkylation sites (tertiary alicyclic amines) is 1. The van der Waals surface area contributed by atoms with Crippen LogP contribution in [0.25, 0.3) is 0 Å². The molecule has 100 valence electrons. The summed E-state index contributed by atoms with van der Waals surface area (Å²) in [6, 6.07) is 8.42. The molecule has 1 aromatic carbocycles. The van der Waals surface area contributed by atoms with Crippen LogP contribution in [-0.4, -0.2) is 31.1 Å². The third-order valence-electron chi connectivity index (χ3n) is 3.77. The topological polar surface area (TPSA) is 38.5 Å². The van der Waals surface area contributed by atoms with Crippen LogP contribution in [0.2, 0.25) is 0 Å². The first-order chi connectivity index (χ1) is 8.65. The Morgan fingerprint density at radius 3 is 2.61 bits per heavy atom. The second-order valence-electron chi connectivity index (χ2n) is 5.55. The van der Waals surface area contributed by atoms with E-state index in [0.29, 0.717) is 5.41 Å². The molecule has 1 unspecified atom stereocenters. The Kier molecular flexibility index (Phi) is 4.25. The standard InChI is InChI=1S/C15H24N2O/c1-3-18-14-6-4-13(5-7-14)10-17-9-8-15(2,11-16)12-17/h4-7H,3,8-12,16H2,1-2H3. The maximum Gasteiger partial charge on any atom is 0.119 e.